The van der Waals surface area contributed by atoms with E-state index in [4.69, 9.17) is 5.73 Å². The Morgan fingerprint density at radius 3 is 2.50 bits per heavy atom. The average molecular weight is 330 g/mol. The van der Waals surface area contributed by atoms with Gasteiger partial charge in [-0.3, -0.25) is 9.59 Å². The zero-order valence-electron chi connectivity index (χ0n) is 13.2. The van der Waals surface area contributed by atoms with Crippen molar-refractivity contribution in [1.82, 2.24) is 9.80 Å². The summed E-state index contributed by atoms with van der Waals surface area (Å²) >= 11 is 0. The van der Waals surface area contributed by atoms with Gasteiger partial charge >= 0.3 is 0 Å². The maximum Gasteiger partial charge on any atom is 0.222 e. The number of likely N-dealkylation sites (tertiary alicyclic amines) is 2. The number of carbonyl (C=O) groups excluding carboxylic acids is 2. The minimum Gasteiger partial charge on any atom is -0.343 e. The second-order valence-corrected chi connectivity index (χ2v) is 6.92. The molecule has 3 fully saturated rings. The summed E-state index contributed by atoms with van der Waals surface area (Å²) in [6.07, 6.45) is 6.52. The number of rotatable bonds is 4. The third kappa shape index (κ3) is 3.74. The molecular formula is C16H28ClN3O2. The summed E-state index contributed by atoms with van der Waals surface area (Å²) in [4.78, 5) is 28.0. The van der Waals surface area contributed by atoms with Crippen LogP contribution >= 0.6 is 12.4 Å². The molecule has 126 valence electrons. The first-order chi connectivity index (χ1) is 10.1. The van der Waals surface area contributed by atoms with Gasteiger partial charge in [0.1, 0.15) is 0 Å². The summed E-state index contributed by atoms with van der Waals surface area (Å²) in [5.74, 6) is 1.53. The first-order valence-corrected chi connectivity index (χ1v) is 8.46. The van der Waals surface area contributed by atoms with E-state index < -0.39 is 0 Å². The Kier molecular flexibility index (Phi) is 6.09. The van der Waals surface area contributed by atoms with Gasteiger partial charge in [0.25, 0.3) is 0 Å². The minimum atomic E-state index is 0. The van der Waals surface area contributed by atoms with Crippen molar-refractivity contribution >= 4 is 24.2 Å². The summed E-state index contributed by atoms with van der Waals surface area (Å²) in [5.41, 5.74) is 6.18. The molecule has 2 aliphatic heterocycles. The Hall–Kier alpha value is -0.810. The fourth-order valence-electron chi connectivity index (χ4n) is 4.15. The van der Waals surface area contributed by atoms with Gasteiger partial charge in [-0.05, 0) is 43.9 Å². The number of hydrogen-bond donors (Lipinski definition) is 1. The van der Waals surface area contributed by atoms with Crippen molar-refractivity contribution in [3.63, 3.8) is 0 Å². The highest BCUT2D eigenvalue weighted by Crippen LogP contribution is 2.35. The lowest BCUT2D eigenvalue weighted by Crippen LogP contribution is -2.50. The van der Waals surface area contributed by atoms with Crippen molar-refractivity contribution in [3.8, 4) is 0 Å². The van der Waals surface area contributed by atoms with Crippen molar-refractivity contribution < 1.29 is 9.59 Å². The molecule has 2 saturated heterocycles. The molecule has 1 aliphatic carbocycles. The van der Waals surface area contributed by atoms with Crippen LogP contribution in [0.3, 0.4) is 0 Å². The molecule has 5 nitrogen and oxygen atoms in total. The van der Waals surface area contributed by atoms with Crippen molar-refractivity contribution in [2.75, 3.05) is 26.2 Å². The lowest BCUT2D eigenvalue weighted by Gasteiger charge is -2.36. The quantitative estimate of drug-likeness (QED) is 0.847. The third-order valence-corrected chi connectivity index (χ3v) is 5.50. The normalized spacial score (nSPS) is 31.1. The van der Waals surface area contributed by atoms with E-state index in [-0.39, 0.29) is 24.2 Å². The van der Waals surface area contributed by atoms with E-state index in [9.17, 15) is 9.59 Å². The Balaban J connectivity index is 0.00000176. The predicted octanol–water partition coefficient (Wildman–Crippen LogP) is 1.40. The van der Waals surface area contributed by atoms with Crippen molar-refractivity contribution in [2.45, 2.75) is 51.0 Å². The summed E-state index contributed by atoms with van der Waals surface area (Å²) < 4.78 is 0. The van der Waals surface area contributed by atoms with Crippen LogP contribution in [0.1, 0.15) is 44.9 Å². The summed E-state index contributed by atoms with van der Waals surface area (Å²) in [6.45, 7) is 3.30. The van der Waals surface area contributed by atoms with Crippen molar-refractivity contribution in [3.05, 3.63) is 0 Å². The van der Waals surface area contributed by atoms with Crippen LogP contribution in [0.5, 0.6) is 0 Å². The number of amides is 2. The molecule has 3 aliphatic rings. The summed E-state index contributed by atoms with van der Waals surface area (Å²) in [6, 6.07) is 0.306. The highest BCUT2D eigenvalue weighted by Gasteiger charge is 2.40. The van der Waals surface area contributed by atoms with E-state index in [0.717, 1.165) is 45.4 Å². The second kappa shape index (κ2) is 7.64. The third-order valence-electron chi connectivity index (χ3n) is 5.50. The fourth-order valence-corrected chi connectivity index (χ4v) is 4.15. The molecule has 0 aromatic rings. The number of fused-ring (bicyclic) bond motifs is 2. The Morgan fingerprint density at radius 1 is 1.18 bits per heavy atom. The van der Waals surface area contributed by atoms with Crippen LogP contribution in [0.25, 0.3) is 0 Å². The summed E-state index contributed by atoms with van der Waals surface area (Å²) in [7, 11) is 0. The first kappa shape index (κ1) is 17.5. The number of nitrogens with two attached hydrogens (primary N) is 1. The topological polar surface area (TPSA) is 66.6 Å². The molecule has 0 aromatic heterocycles. The number of piperidine rings is 2. The van der Waals surface area contributed by atoms with Gasteiger partial charge in [-0.1, -0.05) is 0 Å². The average Bonchev–Trinajstić information content (AvgIpc) is 2.71. The molecule has 0 spiro atoms. The smallest absolute Gasteiger partial charge is 0.222 e. The zero-order valence-corrected chi connectivity index (χ0v) is 14.0. The highest BCUT2D eigenvalue weighted by atomic mass is 35.5. The molecule has 2 amide bonds. The lowest BCUT2D eigenvalue weighted by molar-refractivity contribution is -0.136. The minimum absolute atomic E-state index is 0. The van der Waals surface area contributed by atoms with E-state index in [1.807, 2.05) is 9.80 Å². The second-order valence-electron chi connectivity index (χ2n) is 6.92. The molecule has 2 heterocycles. The Bertz CT molecular complexity index is 404. The lowest BCUT2D eigenvalue weighted by atomic mass is 9.93. The molecule has 3 rings (SSSR count). The molecular weight excluding hydrogens is 302 g/mol. The van der Waals surface area contributed by atoms with Crippen molar-refractivity contribution in [1.29, 1.82) is 0 Å². The molecule has 1 saturated carbocycles. The van der Waals surface area contributed by atoms with E-state index in [0.29, 0.717) is 30.7 Å². The maximum atomic E-state index is 12.3. The fraction of sp³-hybridized carbons (Fsp3) is 0.875. The number of nitrogens with zero attached hydrogens (tertiary/aromatic N) is 2. The standard InChI is InChI=1S/C16H27N3O2.ClH/c17-16-12-6-7-13(16)11-19(10-12)15(21)5-3-9-18-8-2-1-4-14(18)20;/h12-13,16H,1-11,17H2;1H/t12-,13+,16?;. The SMILES string of the molecule is Cl.NC1[C@@H]2CC[C@H]1CN(C(=O)CCCN1CCCCC1=O)C2. The van der Waals surface area contributed by atoms with Gasteiger partial charge in [-0.25, -0.2) is 0 Å². The molecule has 2 bridgehead atoms. The van der Waals surface area contributed by atoms with Crippen LogP contribution in [-0.2, 0) is 9.59 Å². The van der Waals surface area contributed by atoms with Gasteiger partial charge in [0, 0.05) is 45.1 Å². The monoisotopic (exact) mass is 329 g/mol. The summed E-state index contributed by atoms with van der Waals surface area (Å²) in [5, 5.41) is 0. The molecule has 0 aromatic carbocycles. The van der Waals surface area contributed by atoms with Crippen LogP contribution in [0.2, 0.25) is 0 Å². The number of hydrogen-bond acceptors (Lipinski definition) is 3. The predicted molar refractivity (Wildman–Crippen MR) is 87.7 cm³/mol. The van der Waals surface area contributed by atoms with Crippen LogP contribution < -0.4 is 5.73 Å². The Labute approximate surface area is 139 Å². The molecule has 0 radical (unpaired) electrons. The van der Waals surface area contributed by atoms with Gasteiger partial charge in [0.2, 0.25) is 11.8 Å². The number of halogens is 1. The molecule has 3 atom stereocenters. The highest BCUT2D eigenvalue weighted by molar-refractivity contribution is 5.85. The maximum absolute atomic E-state index is 12.3. The van der Waals surface area contributed by atoms with Crippen LogP contribution in [-0.4, -0.2) is 53.8 Å². The van der Waals surface area contributed by atoms with Crippen LogP contribution in [0.4, 0.5) is 0 Å². The van der Waals surface area contributed by atoms with Gasteiger partial charge in [0.05, 0.1) is 0 Å². The van der Waals surface area contributed by atoms with Gasteiger partial charge in [-0.2, -0.15) is 0 Å². The van der Waals surface area contributed by atoms with E-state index in [1.54, 1.807) is 0 Å². The van der Waals surface area contributed by atoms with Gasteiger partial charge in [0.15, 0.2) is 0 Å². The van der Waals surface area contributed by atoms with Gasteiger partial charge in [-0.15, -0.1) is 12.4 Å². The Morgan fingerprint density at radius 2 is 1.86 bits per heavy atom. The van der Waals surface area contributed by atoms with Crippen LogP contribution in [0, 0.1) is 11.8 Å². The molecule has 1 unspecified atom stereocenters. The van der Waals surface area contributed by atoms with E-state index in [1.165, 1.54) is 12.8 Å². The van der Waals surface area contributed by atoms with Crippen molar-refractivity contribution in [2.24, 2.45) is 17.6 Å². The van der Waals surface area contributed by atoms with Gasteiger partial charge < -0.3 is 15.5 Å². The molecule has 22 heavy (non-hydrogen) atoms. The molecule has 2 N–H and O–H groups in total. The largest absolute Gasteiger partial charge is 0.343 e. The van der Waals surface area contributed by atoms with E-state index >= 15 is 0 Å². The van der Waals surface area contributed by atoms with E-state index in [2.05, 4.69) is 0 Å². The zero-order chi connectivity index (χ0) is 14.8. The first-order valence-electron chi connectivity index (χ1n) is 8.46. The molecule has 6 heteroatoms. The van der Waals surface area contributed by atoms with Crippen LogP contribution in [0.15, 0.2) is 0 Å². The number of carbonyl (C=O) groups is 2.